The summed E-state index contributed by atoms with van der Waals surface area (Å²) < 4.78 is 5.16. The highest BCUT2D eigenvalue weighted by molar-refractivity contribution is 6.00. The van der Waals surface area contributed by atoms with Gasteiger partial charge in [-0.2, -0.15) is 15.8 Å². The number of fused-ring (bicyclic) bond motifs is 1. The van der Waals surface area contributed by atoms with Gasteiger partial charge in [-0.25, -0.2) is 0 Å². The maximum Gasteiger partial charge on any atom is 0.190 e. The van der Waals surface area contributed by atoms with Crippen molar-refractivity contribution in [2.24, 2.45) is 17.3 Å². The molecule has 23 heavy (non-hydrogen) atoms. The lowest BCUT2D eigenvalue weighted by molar-refractivity contribution is -0.878. The lowest BCUT2D eigenvalue weighted by atomic mass is 9.54. The van der Waals surface area contributed by atoms with Crippen molar-refractivity contribution in [2.75, 3.05) is 20.1 Å². The van der Waals surface area contributed by atoms with E-state index in [1.54, 1.807) is 6.07 Å². The summed E-state index contributed by atoms with van der Waals surface area (Å²) in [6.07, 6.45) is 5.05. The fraction of sp³-hybridized carbons (Fsp3) is 0.412. The molecule has 0 spiro atoms. The Balaban J connectivity index is 2.25. The first kappa shape index (κ1) is 15.0. The highest BCUT2D eigenvalue weighted by Gasteiger charge is 2.58. The molecule has 1 aromatic heterocycles. The van der Waals surface area contributed by atoms with E-state index in [-0.39, 0.29) is 11.6 Å². The van der Waals surface area contributed by atoms with Crippen LogP contribution in [0.2, 0.25) is 0 Å². The monoisotopic (exact) mass is 306 g/mol. The van der Waals surface area contributed by atoms with Crippen molar-refractivity contribution in [2.45, 2.75) is 5.92 Å². The quantitative estimate of drug-likeness (QED) is 0.741. The van der Waals surface area contributed by atoms with Gasteiger partial charge in [0, 0.05) is 11.8 Å². The normalized spacial score (nSPS) is 31.9. The Bertz CT molecular complexity index is 772. The zero-order valence-corrected chi connectivity index (χ0v) is 12.7. The number of nitriles is 3. The molecule has 4 atom stereocenters. The molecule has 2 heterocycles. The molecule has 0 radical (unpaired) electrons. The molecule has 1 aliphatic carbocycles. The second-order valence-corrected chi connectivity index (χ2v) is 6.22. The molecule has 6 heteroatoms. The van der Waals surface area contributed by atoms with Gasteiger partial charge in [0.1, 0.15) is 5.92 Å². The fourth-order valence-electron chi connectivity index (χ4n) is 3.88. The van der Waals surface area contributed by atoms with Crippen molar-refractivity contribution in [1.29, 1.82) is 21.2 Å². The van der Waals surface area contributed by atoms with Crippen LogP contribution >= 0.6 is 0 Å². The number of hydrogen-bond donors (Lipinski definition) is 2. The highest BCUT2D eigenvalue weighted by atomic mass is 16.3. The van der Waals surface area contributed by atoms with Crippen molar-refractivity contribution in [3.05, 3.63) is 35.8 Å². The molecular weight excluding hydrogens is 290 g/mol. The first-order chi connectivity index (χ1) is 11.1. The lowest BCUT2D eigenvalue weighted by Gasteiger charge is -2.45. The third-order valence-electron chi connectivity index (χ3n) is 4.98. The molecule has 1 aliphatic heterocycles. The smallest absolute Gasteiger partial charge is 0.190 e. The molecule has 0 amide bonds. The van der Waals surface area contributed by atoms with Crippen LogP contribution in [0.3, 0.4) is 0 Å². The van der Waals surface area contributed by atoms with E-state index in [4.69, 9.17) is 9.83 Å². The van der Waals surface area contributed by atoms with E-state index in [1.807, 2.05) is 13.1 Å². The molecule has 114 valence electrons. The fourth-order valence-corrected chi connectivity index (χ4v) is 3.88. The van der Waals surface area contributed by atoms with Crippen molar-refractivity contribution >= 4 is 5.71 Å². The molecule has 0 saturated heterocycles. The van der Waals surface area contributed by atoms with Gasteiger partial charge in [0.2, 0.25) is 0 Å². The van der Waals surface area contributed by atoms with Crippen LogP contribution in [0.25, 0.3) is 0 Å². The topological polar surface area (TPSA) is 113 Å². The summed E-state index contributed by atoms with van der Waals surface area (Å²) in [7, 11) is 2.04. The van der Waals surface area contributed by atoms with Crippen LogP contribution in [0.4, 0.5) is 0 Å². The Morgan fingerprint density at radius 3 is 2.65 bits per heavy atom. The molecule has 1 fully saturated rings. The Kier molecular flexibility index (Phi) is 3.52. The van der Waals surface area contributed by atoms with Gasteiger partial charge in [0.15, 0.2) is 5.41 Å². The predicted octanol–water partition coefficient (Wildman–Crippen LogP) is 0.641. The second kappa shape index (κ2) is 5.39. The molecular formula is C17H16N5O+. The zero-order chi connectivity index (χ0) is 16.6. The maximum atomic E-state index is 9.77. The van der Waals surface area contributed by atoms with Gasteiger partial charge in [-0.05, 0) is 23.3 Å². The Morgan fingerprint density at radius 2 is 2.09 bits per heavy atom. The van der Waals surface area contributed by atoms with Gasteiger partial charge in [-0.3, -0.25) is 0 Å². The van der Waals surface area contributed by atoms with E-state index < -0.39 is 17.3 Å². The van der Waals surface area contributed by atoms with Gasteiger partial charge in [0.25, 0.3) is 0 Å². The summed E-state index contributed by atoms with van der Waals surface area (Å²) in [5.74, 6) is -1.41. The third kappa shape index (κ3) is 1.99. The number of nitrogens with one attached hydrogen (secondary N) is 2. The number of likely N-dealkylation sites (N-methyl/N-ethyl adjacent to an activating group) is 1. The molecule has 1 aromatic rings. The van der Waals surface area contributed by atoms with E-state index >= 15 is 0 Å². The largest absolute Gasteiger partial charge is 0.472 e. The molecule has 0 aromatic carbocycles. The van der Waals surface area contributed by atoms with E-state index in [9.17, 15) is 15.8 Å². The van der Waals surface area contributed by atoms with Gasteiger partial charge < -0.3 is 14.7 Å². The van der Waals surface area contributed by atoms with Crippen LogP contribution in [0.15, 0.2) is 34.7 Å². The van der Waals surface area contributed by atoms with Crippen molar-refractivity contribution in [3.63, 3.8) is 0 Å². The zero-order valence-electron chi connectivity index (χ0n) is 12.7. The maximum absolute atomic E-state index is 9.77. The third-order valence-corrected chi connectivity index (χ3v) is 4.98. The second-order valence-electron chi connectivity index (χ2n) is 6.22. The van der Waals surface area contributed by atoms with Gasteiger partial charge in [-0.15, -0.1) is 0 Å². The molecule has 2 unspecified atom stereocenters. The summed E-state index contributed by atoms with van der Waals surface area (Å²) in [6, 6.07) is 7.98. The van der Waals surface area contributed by atoms with E-state index in [0.29, 0.717) is 0 Å². The van der Waals surface area contributed by atoms with Crippen LogP contribution in [-0.2, 0) is 0 Å². The number of quaternary nitrogens is 1. The van der Waals surface area contributed by atoms with Crippen LogP contribution in [-0.4, -0.2) is 25.8 Å². The first-order valence-electron chi connectivity index (χ1n) is 7.43. The predicted molar refractivity (Wildman–Crippen MR) is 80.1 cm³/mol. The first-order valence-corrected chi connectivity index (χ1v) is 7.43. The SMILES string of the molecule is C[NH+]1CC=C2C(C#N)C(=N)C(C#N)(C#N)[C@H](c3ccoc3)[C@@H]2C1. The summed E-state index contributed by atoms with van der Waals surface area (Å²) >= 11 is 0. The van der Waals surface area contributed by atoms with Crippen LogP contribution in [0, 0.1) is 56.7 Å². The molecule has 1 saturated carbocycles. The van der Waals surface area contributed by atoms with E-state index in [2.05, 4.69) is 18.2 Å². The molecule has 0 bridgehead atoms. The van der Waals surface area contributed by atoms with E-state index in [1.165, 1.54) is 17.4 Å². The van der Waals surface area contributed by atoms with Crippen LogP contribution < -0.4 is 4.90 Å². The number of hydrogen-bond acceptors (Lipinski definition) is 5. The summed E-state index contributed by atoms with van der Waals surface area (Å²) in [5, 5.41) is 37.5. The van der Waals surface area contributed by atoms with Crippen LogP contribution in [0.1, 0.15) is 11.5 Å². The summed E-state index contributed by atoms with van der Waals surface area (Å²) in [5.41, 5.74) is -0.141. The minimum Gasteiger partial charge on any atom is -0.472 e. The van der Waals surface area contributed by atoms with Crippen LogP contribution in [0.5, 0.6) is 0 Å². The van der Waals surface area contributed by atoms with Gasteiger partial charge >= 0.3 is 0 Å². The Hall–Kier alpha value is -2.88. The highest BCUT2D eigenvalue weighted by Crippen LogP contribution is 2.52. The number of rotatable bonds is 1. The minimum absolute atomic E-state index is 0.113. The van der Waals surface area contributed by atoms with E-state index in [0.717, 1.165) is 24.2 Å². The van der Waals surface area contributed by atoms with Crippen molar-refractivity contribution in [1.82, 2.24) is 0 Å². The van der Waals surface area contributed by atoms with Crippen molar-refractivity contribution < 1.29 is 9.32 Å². The Labute approximate surface area is 134 Å². The van der Waals surface area contributed by atoms with Gasteiger partial charge in [-0.1, -0.05) is 0 Å². The molecule has 2 aliphatic rings. The minimum atomic E-state index is -1.64. The Morgan fingerprint density at radius 1 is 1.35 bits per heavy atom. The summed E-state index contributed by atoms with van der Waals surface area (Å²) in [6.45, 7) is 1.50. The standard InChI is InChI=1S/C17H15N5O/c1-22-4-2-12-13(6-18)16(21)17(9-19,10-20)15(14(12)7-22)11-3-5-23-8-11/h2-3,5,8,13-15,21H,4,7H2,1H3/p+1/t13?,14-,15-/m1/s1. The number of nitrogens with zero attached hydrogens (tertiary/aromatic N) is 3. The lowest BCUT2D eigenvalue weighted by Crippen LogP contribution is -3.10. The van der Waals surface area contributed by atoms with Gasteiger partial charge in [0.05, 0.1) is 56.6 Å². The molecule has 3 rings (SSSR count). The molecule has 2 N–H and O–H groups in total. The van der Waals surface area contributed by atoms with Crippen molar-refractivity contribution in [3.8, 4) is 18.2 Å². The molecule has 6 nitrogen and oxygen atoms in total. The average Bonchev–Trinajstić information content (AvgIpc) is 3.08. The number of furan rings is 1. The summed E-state index contributed by atoms with van der Waals surface area (Å²) in [4.78, 5) is 1.25. The average molecular weight is 306 g/mol.